The molecule has 23 heavy (non-hydrogen) atoms. The number of amides is 2. The number of hydrogen-bond acceptors (Lipinski definition) is 5. The summed E-state index contributed by atoms with van der Waals surface area (Å²) < 4.78 is 0. The van der Waals surface area contributed by atoms with E-state index in [1.165, 1.54) is 13.8 Å². The molecule has 0 aliphatic carbocycles. The summed E-state index contributed by atoms with van der Waals surface area (Å²) in [6, 6.07) is -3.93. The average Bonchev–Trinajstić information content (AvgIpc) is 2.44. The van der Waals surface area contributed by atoms with Crippen molar-refractivity contribution in [3.63, 3.8) is 0 Å². The van der Waals surface area contributed by atoms with Crippen LogP contribution in [-0.4, -0.2) is 57.6 Å². The number of carbonyl (C=O) groups excluding carboxylic acids is 2. The van der Waals surface area contributed by atoms with Crippen molar-refractivity contribution in [1.82, 2.24) is 10.6 Å². The lowest BCUT2D eigenvalue weighted by Crippen LogP contribution is -2.52. The summed E-state index contributed by atoms with van der Waals surface area (Å²) in [5, 5.41) is 30.8. The second-order valence-corrected chi connectivity index (χ2v) is 5.22. The van der Waals surface area contributed by atoms with Gasteiger partial charge in [-0.25, -0.2) is 14.4 Å². The summed E-state index contributed by atoms with van der Waals surface area (Å²) >= 11 is 0. The molecule has 4 atom stereocenters. The van der Waals surface area contributed by atoms with Crippen LogP contribution in [0.15, 0.2) is 0 Å². The minimum atomic E-state index is -1.49. The molecule has 0 rings (SSSR count). The summed E-state index contributed by atoms with van der Waals surface area (Å²) in [7, 11) is 0. The van der Waals surface area contributed by atoms with E-state index in [0.29, 0.717) is 6.29 Å². The fourth-order valence-electron chi connectivity index (χ4n) is 1.68. The Morgan fingerprint density at radius 1 is 0.870 bits per heavy atom. The van der Waals surface area contributed by atoms with Gasteiger partial charge in [-0.3, -0.25) is 4.79 Å². The lowest BCUT2D eigenvalue weighted by atomic mass is 10.0. The number of carbonyl (C=O) groups is 5. The maximum absolute atomic E-state index is 11.7. The zero-order chi connectivity index (χ0) is 18.2. The average molecular weight is 332 g/mol. The fraction of sp³-hybridized carbons (Fsp3) is 0.615. The maximum atomic E-state index is 11.7. The summed E-state index contributed by atoms with van der Waals surface area (Å²) in [6.45, 7) is 2.75. The molecule has 10 nitrogen and oxygen atoms in total. The van der Waals surface area contributed by atoms with E-state index in [1.807, 2.05) is 5.32 Å². The lowest BCUT2D eigenvalue weighted by molar-refractivity contribution is -0.143. The quantitative estimate of drug-likeness (QED) is 0.334. The number of hydrogen-bond donors (Lipinski definition) is 5. The van der Waals surface area contributed by atoms with Gasteiger partial charge in [0.1, 0.15) is 18.4 Å². The molecule has 0 radical (unpaired) electrons. The van der Waals surface area contributed by atoms with Gasteiger partial charge < -0.3 is 30.7 Å². The topological polar surface area (TPSA) is 170 Å². The van der Waals surface area contributed by atoms with Gasteiger partial charge >= 0.3 is 23.9 Å². The van der Waals surface area contributed by atoms with Crippen molar-refractivity contribution in [1.29, 1.82) is 0 Å². The van der Waals surface area contributed by atoms with Crippen molar-refractivity contribution in [2.75, 3.05) is 0 Å². The summed E-state index contributed by atoms with van der Waals surface area (Å²) in [4.78, 5) is 55.0. The third-order valence-corrected chi connectivity index (χ3v) is 3.06. The van der Waals surface area contributed by atoms with E-state index < -0.39 is 47.9 Å². The molecule has 130 valence electrons. The summed E-state index contributed by atoms with van der Waals surface area (Å²) in [5.41, 5.74) is 0. The smallest absolute Gasteiger partial charge is 0.326 e. The zero-order valence-electron chi connectivity index (χ0n) is 12.7. The first-order chi connectivity index (χ1) is 10.6. The van der Waals surface area contributed by atoms with E-state index in [0.717, 1.165) is 0 Å². The van der Waals surface area contributed by atoms with Crippen LogP contribution in [0.25, 0.3) is 0 Å². The number of aldehydes is 1. The van der Waals surface area contributed by atoms with Crippen molar-refractivity contribution in [3.8, 4) is 0 Å². The van der Waals surface area contributed by atoms with Gasteiger partial charge in [-0.2, -0.15) is 0 Å². The summed E-state index contributed by atoms with van der Waals surface area (Å²) in [6.07, 6.45) is 0.0141. The normalized spacial score (nSPS) is 15.6. The molecule has 2 amide bonds. The third kappa shape index (κ3) is 7.79. The van der Waals surface area contributed by atoms with Gasteiger partial charge in [0.15, 0.2) is 0 Å². The van der Waals surface area contributed by atoms with Gasteiger partial charge in [-0.15, -0.1) is 0 Å². The second kappa shape index (κ2) is 9.38. The molecule has 0 spiro atoms. The Bertz CT molecular complexity index is 479. The first-order valence-corrected chi connectivity index (χ1v) is 6.79. The molecular formula is C13H20N2O8. The molecule has 0 aliphatic heterocycles. The Hall–Kier alpha value is -2.65. The van der Waals surface area contributed by atoms with Crippen molar-refractivity contribution >= 4 is 30.2 Å². The van der Waals surface area contributed by atoms with Crippen molar-refractivity contribution in [2.45, 2.75) is 38.8 Å². The van der Waals surface area contributed by atoms with E-state index in [2.05, 4.69) is 5.32 Å². The molecule has 0 saturated heterocycles. The number of carboxylic acids is 3. The predicted octanol–water partition coefficient (Wildman–Crippen LogP) is -0.472. The monoisotopic (exact) mass is 332 g/mol. The molecule has 10 heteroatoms. The molecule has 0 aromatic rings. The minimum absolute atomic E-state index is 0.157. The van der Waals surface area contributed by atoms with Crippen LogP contribution in [0.1, 0.15) is 26.7 Å². The first kappa shape index (κ1) is 20.3. The standard InChI is InChI=1S/C13H20N2O8/c1-6(5-16)3-8(11(19)20)14-13(23)15-9(12(21)22)4-7(2)10(17)18/h5-9H,3-4H2,1-2H3,(H,17,18)(H,19,20)(H,21,22)(H2,14,15,23)/t6?,7?,8-,9-/m0/s1. The largest absolute Gasteiger partial charge is 0.481 e. The highest BCUT2D eigenvalue weighted by molar-refractivity contribution is 5.86. The van der Waals surface area contributed by atoms with Crippen LogP contribution in [-0.2, 0) is 19.2 Å². The molecule has 5 N–H and O–H groups in total. The Kier molecular flexibility index (Phi) is 8.30. The number of rotatable bonds is 10. The van der Waals surface area contributed by atoms with Crippen LogP contribution in [0.5, 0.6) is 0 Å². The second-order valence-electron chi connectivity index (χ2n) is 5.22. The Morgan fingerprint density at radius 2 is 1.30 bits per heavy atom. The lowest BCUT2D eigenvalue weighted by Gasteiger charge is -2.20. The van der Waals surface area contributed by atoms with Crippen LogP contribution < -0.4 is 10.6 Å². The highest BCUT2D eigenvalue weighted by atomic mass is 16.4. The van der Waals surface area contributed by atoms with Crippen LogP contribution in [0, 0.1) is 11.8 Å². The van der Waals surface area contributed by atoms with Crippen molar-refractivity contribution in [2.24, 2.45) is 11.8 Å². The zero-order valence-corrected chi connectivity index (χ0v) is 12.7. The van der Waals surface area contributed by atoms with Gasteiger partial charge in [0, 0.05) is 5.92 Å². The summed E-state index contributed by atoms with van der Waals surface area (Å²) in [5.74, 6) is -5.66. The van der Waals surface area contributed by atoms with E-state index in [-0.39, 0.29) is 12.8 Å². The predicted molar refractivity (Wildman–Crippen MR) is 75.8 cm³/mol. The van der Waals surface area contributed by atoms with E-state index in [4.69, 9.17) is 15.3 Å². The minimum Gasteiger partial charge on any atom is -0.481 e. The number of aliphatic carboxylic acids is 3. The molecule has 0 heterocycles. The van der Waals surface area contributed by atoms with Crippen molar-refractivity contribution in [3.05, 3.63) is 0 Å². The van der Waals surface area contributed by atoms with Gasteiger partial charge in [0.25, 0.3) is 0 Å². The highest BCUT2D eigenvalue weighted by Gasteiger charge is 2.28. The Balaban J connectivity index is 4.78. The Morgan fingerprint density at radius 3 is 1.65 bits per heavy atom. The molecule has 0 aliphatic rings. The van der Waals surface area contributed by atoms with E-state index in [9.17, 15) is 24.0 Å². The molecule has 0 aromatic carbocycles. The number of urea groups is 1. The van der Waals surface area contributed by atoms with Gasteiger partial charge in [-0.1, -0.05) is 13.8 Å². The highest BCUT2D eigenvalue weighted by Crippen LogP contribution is 2.07. The SMILES string of the molecule is CC(C=O)C[C@H](NC(=O)N[C@@H](CC(C)C(=O)O)C(=O)O)C(=O)O. The molecule has 2 unspecified atom stereocenters. The van der Waals surface area contributed by atoms with Gasteiger partial charge in [0.2, 0.25) is 0 Å². The molecule has 0 saturated carbocycles. The van der Waals surface area contributed by atoms with Crippen LogP contribution in [0.2, 0.25) is 0 Å². The Labute approximate surface area is 131 Å². The van der Waals surface area contributed by atoms with E-state index in [1.54, 1.807) is 0 Å². The number of nitrogens with one attached hydrogen (secondary N) is 2. The third-order valence-electron chi connectivity index (χ3n) is 3.06. The number of carboxylic acid groups (broad SMARTS) is 3. The maximum Gasteiger partial charge on any atom is 0.326 e. The molecule has 0 fully saturated rings. The van der Waals surface area contributed by atoms with Crippen molar-refractivity contribution < 1.29 is 39.3 Å². The van der Waals surface area contributed by atoms with Gasteiger partial charge in [0.05, 0.1) is 5.92 Å². The molecule has 0 aromatic heterocycles. The van der Waals surface area contributed by atoms with Crippen LogP contribution in [0.3, 0.4) is 0 Å². The fourth-order valence-corrected chi connectivity index (χ4v) is 1.68. The van der Waals surface area contributed by atoms with Crippen LogP contribution >= 0.6 is 0 Å². The van der Waals surface area contributed by atoms with Gasteiger partial charge in [-0.05, 0) is 12.8 Å². The molecular weight excluding hydrogens is 312 g/mol. The first-order valence-electron chi connectivity index (χ1n) is 6.79. The van der Waals surface area contributed by atoms with Crippen LogP contribution in [0.4, 0.5) is 4.79 Å². The van der Waals surface area contributed by atoms with E-state index >= 15 is 0 Å². The molecule has 0 bridgehead atoms.